The van der Waals surface area contributed by atoms with Gasteiger partial charge in [0.15, 0.2) is 0 Å². The Bertz CT molecular complexity index is 238. The Morgan fingerprint density at radius 1 is 0.950 bits per heavy atom. The van der Waals surface area contributed by atoms with Gasteiger partial charge in [0.2, 0.25) is 0 Å². The van der Waals surface area contributed by atoms with Crippen molar-refractivity contribution in [2.45, 2.75) is 82.0 Å². The fourth-order valence-electron chi connectivity index (χ4n) is 1.93. The molecule has 20 heavy (non-hydrogen) atoms. The number of rotatable bonds is 10. The van der Waals surface area contributed by atoms with Crippen molar-refractivity contribution in [3.05, 3.63) is 0 Å². The number of Topliss-reactive ketones (excluding diaryl/α,β-unsaturated/α-hetero) is 1. The van der Waals surface area contributed by atoms with Gasteiger partial charge in [0.1, 0.15) is 11.2 Å². The summed E-state index contributed by atoms with van der Waals surface area (Å²) in [5.41, 5.74) is -1.14. The van der Waals surface area contributed by atoms with Crippen molar-refractivity contribution in [3.63, 3.8) is 0 Å². The molecule has 0 saturated heterocycles. The first-order valence-electron chi connectivity index (χ1n) is 7.87. The number of unbranched alkanes of at least 4 members (excludes halogenated alkanes) is 2. The summed E-state index contributed by atoms with van der Waals surface area (Å²) in [5.74, 6) is -1.26. The Morgan fingerprint density at radius 2 is 1.35 bits per heavy atom. The van der Waals surface area contributed by atoms with Crippen molar-refractivity contribution in [2.24, 2.45) is 5.41 Å². The predicted molar refractivity (Wildman–Crippen MR) is 86.5 cm³/mol. The SMILES string of the molecule is CCC(CC)(C(C)=O)C(=O)O.CCC[CH2][Sn][CH2]CCC. The standard InChI is InChI=1S/C8H14O3.2C4H9.Sn/c1-4-8(5-2,6(3)9)7(10)11;2*1-3-4-2;/h4-5H2,1-3H3,(H,10,11);2*1,3-4H2,2H3;. The molecule has 0 saturated carbocycles. The molecule has 0 heterocycles. The summed E-state index contributed by atoms with van der Waals surface area (Å²) < 4.78 is 3.25. The summed E-state index contributed by atoms with van der Waals surface area (Å²) >= 11 is 0.149. The zero-order valence-corrected chi connectivity index (χ0v) is 16.8. The monoisotopic (exact) mass is 392 g/mol. The van der Waals surface area contributed by atoms with Crippen LogP contribution in [0, 0.1) is 5.41 Å². The molecule has 2 radical (unpaired) electrons. The van der Waals surface area contributed by atoms with Gasteiger partial charge in [-0.2, -0.15) is 0 Å². The fourth-order valence-corrected chi connectivity index (χ4v) is 6.09. The van der Waals surface area contributed by atoms with Gasteiger partial charge in [0, 0.05) is 0 Å². The molecule has 0 aliphatic carbocycles. The number of carbonyl (C=O) groups excluding carboxylic acids is 1. The first-order chi connectivity index (χ1) is 9.42. The van der Waals surface area contributed by atoms with E-state index in [1.807, 2.05) is 0 Å². The summed E-state index contributed by atoms with van der Waals surface area (Å²) in [6.45, 7) is 9.36. The maximum absolute atomic E-state index is 11.0. The van der Waals surface area contributed by atoms with E-state index < -0.39 is 11.4 Å². The van der Waals surface area contributed by atoms with E-state index in [0.29, 0.717) is 12.8 Å². The van der Waals surface area contributed by atoms with Crippen LogP contribution in [0.2, 0.25) is 8.87 Å². The number of carbonyl (C=O) groups is 2. The van der Waals surface area contributed by atoms with Crippen molar-refractivity contribution >= 4 is 32.9 Å². The molecule has 0 aromatic rings. The summed E-state index contributed by atoms with van der Waals surface area (Å²) in [5, 5.41) is 8.77. The van der Waals surface area contributed by atoms with E-state index in [2.05, 4.69) is 13.8 Å². The normalized spacial score (nSPS) is 10.7. The quantitative estimate of drug-likeness (QED) is 0.337. The third-order valence-electron chi connectivity index (χ3n) is 3.70. The van der Waals surface area contributed by atoms with Crippen LogP contribution in [0.1, 0.15) is 73.1 Å². The second kappa shape index (κ2) is 13.9. The van der Waals surface area contributed by atoms with Gasteiger partial charge in [-0.3, -0.25) is 9.59 Å². The van der Waals surface area contributed by atoms with Gasteiger partial charge in [0.25, 0.3) is 0 Å². The van der Waals surface area contributed by atoms with Crippen molar-refractivity contribution in [1.29, 1.82) is 0 Å². The van der Waals surface area contributed by atoms with Crippen molar-refractivity contribution in [1.82, 2.24) is 0 Å². The van der Waals surface area contributed by atoms with Crippen LogP contribution in [0.5, 0.6) is 0 Å². The van der Waals surface area contributed by atoms with Gasteiger partial charge in [-0.05, 0) is 19.8 Å². The fraction of sp³-hybridized carbons (Fsp3) is 0.875. The van der Waals surface area contributed by atoms with Gasteiger partial charge in [-0.15, -0.1) is 0 Å². The van der Waals surface area contributed by atoms with E-state index in [-0.39, 0.29) is 26.9 Å². The number of hydrogen-bond donors (Lipinski definition) is 1. The number of carboxylic acids is 1. The zero-order chi connectivity index (χ0) is 16.0. The second-order valence-corrected chi connectivity index (χ2v) is 9.39. The van der Waals surface area contributed by atoms with Gasteiger partial charge in [-0.1, -0.05) is 13.8 Å². The van der Waals surface area contributed by atoms with Crippen LogP contribution in [-0.2, 0) is 9.59 Å². The van der Waals surface area contributed by atoms with E-state index in [4.69, 9.17) is 5.11 Å². The summed E-state index contributed by atoms with van der Waals surface area (Å²) in [7, 11) is 0. The molecular weight excluding hydrogens is 359 g/mol. The van der Waals surface area contributed by atoms with Gasteiger partial charge in [0.05, 0.1) is 0 Å². The predicted octanol–water partition coefficient (Wildman–Crippen LogP) is 4.59. The molecule has 0 spiro atoms. The number of hydrogen-bond acceptors (Lipinski definition) is 2. The maximum atomic E-state index is 11.0. The number of carboxylic acid groups (broad SMARTS) is 1. The Hall–Kier alpha value is -0.0613. The Labute approximate surface area is 135 Å². The van der Waals surface area contributed by atoms with Crippen molar-refractivity contribution < 1.29 is 14.7 Å². The molecule has 0 unspecified atom stereocenters. The van der Waals surface area contributed by atoms with Crippen LogP contribution in [0.4, 0.5) is 0 Å². The summed E-state index contributed by atoms with van der Waals surface area (Å²) in [6, 6.07) is 0. The van der Waals surface area contributed by atoms with E-state index in [1.165, 1.54) is 32.6 Å². The molecule has 0 amide bonds. The van der Waals surface area contributed by atoms with Crippen LogP contribution in [0.3, 0.4) is 0 Å². The van der Waals surface area contributed by atoms with Gasteiger partial charge >= 0.3 is 75.5 Å². The third kappa shape index (κ3) is 8.98. The van der Waals surface area contributed by atoms with E-state index >= 15 is 0 Å². The molecular formula is C16H32O3Sn. The first kappa shape index (κ1) is 22.2. The van der Waals surface area contributed by atoms with Crippen LogP contribution in [-0.4, -0.2) is 38.0 Å². The minimum absolute atomic E-state index is 0.149. The molecule has 0 aliphatic rings. The Morgan fingerprint density at radius 3 is 1.50 bits per heavy atom. The Kier molecular flexibility index (Phi) is 15.4. The average Bonchev–Trinajstić information content (AvgIpc) is 2.41. The number of aliphatic carboxylic acids is 1. The molecule has 0 aliphatic heterocycles. The van der Waals surface area contributed by atoms with Crippen molar-refractivity contribution in [3.8, 4) is 0 Å². The molecule has 0 fully saturated rings. The van der Waals surface area contributed by atoms with E-state index in [1.54, 1.807) is 22.7 Å². The molecule has 118 valence electrons. The van der Waals surface area contributed by atoms with E-state index in [0.717, 1.165) is 0 Å². The summed E-state index contributed by atoms with van der Waals surface area (Å²) in [4.78, 5) is 21.7. The van der Waals surface area contributed by atoms with Crippen LogP contribution < -0.4 is 0 Å². The molecule has 1 N–H and O–H groups in total. The average molecular weight is 391 g/mol. The molecule has 4 heteroatoms. The molecule has 3 nitrogen and oxygen atoms in total. The molecule has 0 aromatic heterocycles. The molecule has 0 rings (SSSR count). The van der Waals surface area contributed by atoms with Crippen LogP contribution in [0.25, 0.3) is 0 Å². The minimum atomic E-state index is -1.14. The third-order valence-corrected chi connectivity index (χ3v) is 7.74. The number of ketones is 1. The topological polar surface area (TPSA) is 54.4 Å². The van der Waals surface area contributed by atoms with E-state index in [9.17, 15) is 9.59 Å². The van der Waals surface area contributed by atoms with Gasteiger partial charge < -0.3 is 5.11 Å². The van der Waals surface area contributed by atoms with Crippen LogP contribution >= 0.6 is 0 Å². The molecule has 0 aromatic carbocycles. The summed E-state index contributed by atoms with van der Waals surface area (Å²) in [6.07, 6.45) is 6.58. The van der Waals surface area contributed by atoms with Crippen molar-refractivity contribution in [2.75, 3.05) is 0 Å². The van der Waals surface area contributed by atoms with Gasteiger partial charge in [-0.25, -0.2) is 0 Å². The second-order valence-electron chi connectivity index (χ2n) is 5.11. The Balaban J connectivity index is 0. The molecule has 0 atom stereocenters. The van der Waals surface area contributed by atoms with Crippen LogP contribution in [0.15, 0.2) is 0 Å². The first-order valence-corrected chi connectivity index (χ1v) is 11.9. The molecule has 0 bridgehead atoms. The zero-order valence-electron chi connectivity index (χ0n) is 13.9.